The van der Waals surface area contributed by atoms with Crippen molar-refractivity contribution in [1.29, 1.82) is 0 Å². The Morgan fingerprint density at radius 1 is 1.50 bits per heavy atom. The molecule has 0 bridgehead atoms. The Balaban J connectivity index is 2.84. The Morgan fingerprint density at radius 3 is 2.71 bits per heavy atom. The summed E-state index contributed by atoms with van der Waals surface area (Å²) in [5.74, 6) is 0. The van der Waals surface area contributed by atoms with Crippen LogP contribution >= 0.6 is 0 Å². The number of non-ortho nitro benzene ring substituents is 1. The fourth-order valence-corrected chi connectivity index (χ4v) is 1.29. The van der Waals surface area contributed by atoms with Gasteiger partial charge in [-0.3, -0.25) is 10.1 Å². The van der Waals surface area contributed by atoms with Crippen LogP contribution in [0.3, 0.4) is 0 Å². The van der Waals surface area contributed by atoms with Gasteiger partial charge in [-0.2, -0.15) is 0 Å². The summed E-state index contributed by atoms with van der Waals surface area (Å²) in [6, 6.07) is 4.66. The minimum atomic E-state index is -0.431. The van der Waals surface area contributed by atoms with Crippen molar-refractivity contribution in [2.75, 3.05) is 5.73 Å². The van der Waals surface area contributed by atoms with Gasteiger partial charge in [0.15, 0.2) is 0 Å². The Labute approximate surface area is 82.9 Å². The predicted octanol–water partition coefficient (Wildman–Crippen LogP) is 2.52. The summed E-state index contributed by atoms with van der Waals surface area (Å²) in [6.45, 7) is 2.10. The van der Waals surface area contributed by atoms with E-state index in [0.717, 1.165) is 24.8 Å². The van der Waals surface area contributed by atoms with Crippen LogP contribution in [0.15, 0.2) is 18.2 Å². The van der Waals surface area contributed by atoms with Gasteiger partial charge in [-0.25, -0.2) is 0 Å². The van der Waals surface area contributed by atoms with E-state index in [9.17, 15) is 10.1 Å². The summed E-state index contributed by atoms with van der Waals surface area (Å²) in [5, 5.41) is 10.4. The predicted molar refractivity (Wildman–Crippen MR) is 56.1 cm³/mol. The number of nitro groups is 1. The van der Waals surface area contributed by atoms with Crippen molar-refractivity contribution in [3.8, 4) is 0 Å². The fraction of sp³-hybridized carbons (Fsp3) is 0.400. The molecule has 4 heteroatoms. The molecule has 4 nitrogen and oxygen atoms in total. The van der Waals surface area contributed by atoms with E-state index in [-0.39, 0.29) is 5.69 Å². The number of rotatable bonds is 4. The highest BCUT2D eigenvalue weighted by atomic mass is 16.6. The van der Waals surface area contributed by atoms with Crippen LogP contribution in [0.1, 0.15) is 25.3 Å². The van der Waals surface area contributed by atoms with Crippen molar-refractivity contribution in [2.24, 2.45) is 0 Å². The van der Waals surface area contributed by atoms with Crippen molar-refractivity contribution in [3.63, 3.8) is 0 Å². The van der Waals surface area contributed by atoms with Crippen LogP contribution in [0.5, 0.6) is 0 Å². The molecular formula is C10H14N2O2. The van der Waals surface area contributed by atoms with Gasteiger partial charge in [0.2, 0.25) is 0 Å². The van der Waals surface area contributed by atoms with Crippen molar-refractivity contribution in [3.05, 3.63) is 33.9 Å². The third-order valence-electron chi connectivity index (χ3n) is 2.14. The van der Waals surface area contributed by atoms with E-state index in [1.54, 1.807) is 6.07 Å². The number of anilines is 1. The lowest BCUT2D eigenvalue weighted by Crippen LogP contribution is -1.96. The highest BCUT2D eigenvalue weighted by Gasteiger charge is 2.07. The molecule has 1 aromatic rings. The number of hydrogen-bond acceptors (Lipinski definition) is 3. The van der Waals surface area contributed by atoms with Gasteiger partial charge in [-0.05, 0) is 18.4 Å². The number of nitrogens with zero attached hydrogens (tertiary/aromatic N) is 1. The molecule has 0 aliphatic heterocycles. The summed E-state index contributed by atoms with van der Waals surface area (Å²) < 4.78 is 0. The number of benzene rings is 1. The van der Waals surface area contributed by atoms with Crippen LogP contribution < -0.4 is 5.73 Å². The standard InChI is InChI=1S/C10H14N2O2/c1-2-3-4-8-5-6-9(12(13)14)7-10(8)11/h5-7H,2-4,11H2,1H3. The van der Waals surface area contributed by atoms with Gasteiger partial charge in [0.05, 0.1) is 4.92 Å². The van der Waals surface area contributed by atoms with Gasteiger partial charge in [-0.1, -0.05) is 19.4 Å². The third kappa shape index (κ3) is 2.45. The smallest absolute Gasteiger partial charge is 0.271 e. The summed E-state index contributed by atoms with van der Waals surface area (Å²) in [4.78, 5) is 10.00. The molecule has 0 saturated carbocycles. The van der Waals surface area contributed by atoms with Crippen LogP contribution in [0.2, 0.25) is 0 Å². The van der Waals surface area contributed by atoms with E-state index in [0.29, 0.717) is 5.69 Å². The third-order valence-corrected chi connectivity index (χ3v) is 2.14. The van der Waals surface area contributed by atoms with E-state index in [1.807, 2.05) is 0 Å². The average Bonchev–Trinajstić information content (AvgIpc) is 2.15. The molecule has 0 unspecified atom stereocenters. The number of aryl methyl sites for hydroxylation is 1. The Kier molecular flexibility index (Phi) is 3.45. The lowest BCUT2D eigenvalue weighted by Gasteiger charge is -2.03. The zero-order chi connectivity index (χ0) is 10.6. The monoisotopic (exact) mass is 194 g/mol. The van der Waals surface area contributed by atoms with Crippen molar-refractivity contribution < 1.29 is 4.92 Å². The molecule has 0 aliphatic rings. The van der Waals surface area contributed by atoms with E-state index < -0.39 is 4.92 Å². The number of nitro benzene ring substituents is 1. The first-order chi connectivity index (χ1) is 6.65. The van der Waals surface area contributed by atoms with Gasteiger partial charge in [0.25, 0.3) is 5.69 Å². The average molecular weight is 194 g/mol. The molecule has 0 amide bonds. The van der Waals surface area contributed by atoms with Crippen molar-refractivity contribution >= 4 is 11.4 Å². The molecule has 0 heterocycles. The molecule has 0 aromatic heterocycles. The first kappa shape index (κ1) is 10.5. The summed E-state index contributed by atoms with van der Waals surface area (Å²) in [7, 11) is 0. The first-order valence-corrected chi connectivity index (χ1v) is 4.68. The zero-order valence-electron chi connectivity index (χ0n) is 8.19. The lowest BCUT2D eigenvalue weighted by atomic mass is 10.1. The molecule has 2 N–H and O–H groups in total. The maximum atomic E-state index is 10.4. The van der Waals surface area contributed by atoms with E-state index >= 15 is 0 Å². The van der Waals surface area contributed by atoms with Crippen LogP contribution in [0.25, 0.3) is 0 Å². The Morgan fingerprint density at radius 2 is 2.21 bits per heavy atom. The molecule has 0 aliphatic carbocycles. The topological polar surface area (TPSA) is 69.2 Å². The molecule has 0 radical (unpaired) electrons. The second-order valence-electron chi connectivity index (χ2n) is 3.24. The van der Waals surface area contributed by atoms with Crippen LogP contribution in [0.4, 0.5) is 11.4 Å². The molecule has 1 rings (SSSR count). The second-order valence-corrected chi connectivity index (χ2v) is 3.24. The summed E-state index contributed by atoms with van der Waals surface area (Å²) in [6.07, 6.45) is 3.04. The first-order valence-electron chi connectivity index (χ1n) is 4.68. The van der Waals surface area contributed by atoms with Crippen LogP contribution in [-0.2, 0) is 6.42 Å². The van der Waals surface area contributed by atoms with Crippen molar-refractivity contribution in [2.45, 2.75) is 26.2 Å². The van der Waals surface area contributed by atoms with Crippen LogP contribution in [-0.4, -0.2) is 4.92 Å². The van der Waals surface area contributed by atoms with E-state index in [1.165, 1.54) is 12.1 Å². The van der Waals surface area contributed by atoms with Gasteiger partial charge >= 0.3 is 0 Å². The minimum absolute atomic E-state index is 0.0581. The van der Waals surface area contributed by atoms with Gasteiger partial charge in [0, 0.05) is 17.8 Å². The quantitative estimate of drug-likeness (QED) is 0.455. The zero-order valence-corrected chi connectivity index (χ0v) is 8.19. The van der Waals surface area contributed by atoms with Gasteiger partial charge < -0.3 is 5.73 Å². The van der Waals surface area contributed by atoms with E-state index in [2.05, 4.69) is 6.92 Å². The van der Waals surface area contributed by atoms with E-state index in [4.69, 9.17) is 5.73 Å². The molecule has 0 fully saturated rings. The SMILES string of the molecule is CCCCc1ccc([N+](=O)[O-])cc1N. The fourth-order valence-electron chi connectivity index (χ4n) is 1.29. The van der Waals surface area contributed by atoms with Crippen molar-refractivity contribution in [1.82, 2.24) is 0 Å². The lowest BCUT2D eigenvalue weighted by molar-refractivity contribution is -0.384. The highest BCUT2D eigenvalue weighted by molar-refractivity contribution is 5.53. The maximum absolute atomic E-state index is 10.4. The number of unbranched alkanes of at least 4 members (excludes halogenated alkanes) is 1. The highest BCUT2D eigenvalue weighted by Crippen LogP contribution is 2.21. The Bertz CT molecular complexity index is 337. The Hall–Kier alpha value is -1.58. The summed E-state index contributed by atoms with van der Waals surface area (Å²) >= 11 is 0. The van der Waals surface area contributed by atoms with Gasteiger partial charge in [0.1, 0.15) is 0 Å². The number of nitrogen functional groups attached to an aromatic ring is 1. The summed E-state index contributed by atoms with van der Waals surface area (Å²) in [5.41, 5.74) is 7.27. The number of nitrogens with two attached hydrogens (primary N) is 1. The molecule has 0 atom stereocenters. The number of hydrogen-bond donors (Lipinski definition) is 1. The largest absolute Gasteiger partial charge is 0.398 e. The second kappa shape index (κ2) is 4.60. The molecule has 14 heavy (non-hydrogen) atoms. The van der Waals surface area contributed by atoms with Gasteiger partial charge in [-0.15, -0.1) is 0 Å². The minimum Gasteiger partial charge on any atom is -0.398 e. The molecule has 0 saturated heterocycles. The molecule has 76 valence electrons. The molecular weight excluding hydrogens is 180 g/mol. The maximum Gasteiger partial charge on any atom is 0.271 e. The van der Waals surface area contributed by atoms with Crippen LogP contribution in [0, 0.1) is 10.1 Å². The molecule has 0 spiro atoms. The normalized spacial score (nSPS) is 10.1. The molecule has 1 aromatic carbocycles.